The highest BCUT2D eigenvalue weighted by Gasteiger charge is 2.26. The molecule has 0 radical (unpaired) electrons. The quantitative estimate of drug-likeness (QED) is 0.540. The van der Waals surface area contributed by atoms with E-state index in [0.717, 1.165) is 42.6 Å². The zero-order valence-electron chi connectivity index (χ0n) is 19.5. The van der Waals surface area contributed by atoms with Crippen LogP contribution < -0.4 is 16.4 Å². The second-order valence-corrected chi connectivity index (χ2v) is 8.69. The second kappa shape index (κ2) is 9.14. The Kier molecular flexibility index (Phi) is 6.28. The third-order valence-corrected chi connectivity index (χ3v) is 6.34. The third kappa shape index (κ3) is 4.38. The monoisotopic (exact) mass is 450 g/mol. The molecule has 1 aliphatic heterocycles. The lowest BCUT2D eigenvalue weighted by atomic mass is 9.98. The van der Waals surface area contributed by atoms with Crippen molar-refractivity contribution in [1.29, 1.82) is 0 Å². The number of aromatic nitrogens is 4. The van der Waals surface area contributed by atoms with Gasteiger partial charge in [-0.3, -0.25) is 9.59 Å². The van der Waals surface area contributed by atoms with Gasteiger partial charge in [-0.25, -0.2) is 14.6 Å². The van der Waals surface area contributed by atoms with Crippen LogP contribution in [0.15, 0.2) is 18.5 Å². The first kappa shape index (κ1) is 22.7. The fourth-order valence-electron chi connectivity index (χ4n) is 4.16. The van der Waals surface area contributed by atoms with Gasteiger partial charge in [-0.15, -0.1) is 0 Å². The van der Waals surface area contributed by atoms with Crippen molar-refractivity contribution >= 4 is 34.4 Å². The number of hydrogen-bond acceptors (Lipinski definition) is 7. The maximum atomic E-state index is 13.3. The van der Waals surface area contributed by atoms with Gasteiger partial charge in [0.05, 0.1) is 17.8 Å². The van der Waals surface area contributed by atoms with Gasteiger partial charge in [0, 0.05) is 26.3 Å². The molecule has 1 fully saturated rings. The Hall–Kier alpha value is -3.53. The molecule has 174 valence electrons. The Balaban J connectivity index is 1.66. The Morgan fingerprint density at radius 2 is 2.03 bits per heavy atom. The number of piperidine rings is 1. The van der Waals surface area contributed by atoms with Gasteiger partial charge in [-0.05, 0) is 56.0 Å². The van der Waals surface area contributed by atoms with Gasteiger partial charge in [-0.2, -0.15) is 5.10 Å². The topological polar surface area (TPSA) is 131 Å². The van der Waals surface area contributed by atoms with Crippen LogP contribution in [0.2, 0.25) is 0 Å². The van der Waals surface area contributed by atoms with E-state index in [4.69, 9.17) is 5.73 Å². The van der Waals surface area contributed by atoms with E-state index in [0.29, 0.717) is 23.1 Å². The van der Waals surface area contributed by atoms with Crippen LogP contribution in [0.4, 0.5) is 11.5 Å². The lowest BCUT2D eigenvalue weighted by Gasteiger charge is -2.23. The number of nitrogens with one attached hydrogen (secondary N) is 2. The summed E-state index contributed by atoms with van der Waals surface area (Å²) in [7, 11) is 3.47. The second-order valence-electron chi connectivity index (χ2n) is 8.69. The van der Waals surface area contributed by atoms with E-state index in [-0.39, 0.29) is 29.4 Å². The summed E-state index contributed by atoms with van der Waals surface area (Å²) in [5, 5.41) is 11.4. The molecule has 4 N–H and O–H groups in total. The molecule has 1 aromatic carbocycles. The summed E-state index contributed by atoms with van der Waals surface area (Å²) < 4.78 is 1.79. The number of benzene rings is 1. The number of carbonyl (C=O) groups is 2. The number of likely N-dealkylation sites (N-methyl/N-ethyl adjacent to an activating group) is 1. The fraction of sp³-hybridized carbons (Fsp3) is 0.435. The average Bonchev–Trinajstić information content (AvgIpc) is 3.20. The molecule has 33 heavy (non-hydrogen) atoms. The van der Waals surface area contributed by atoms with Crippen molar-refractivity contribution in [3.63, 3.8) is 0 Å². The molecule has 4 rings (SSSR count). The number of anilines is 2. The molecular formula is C23H30N8O2. The number of carbonyl (C=O) groups excluding carboxylic acids is 2. The largest absolute Gasteiger partial charge is 0.383 e. The minimum absolute atomic E-state index is 0.0268. The average molecular weight is 451 g/mol. The smallest absolute Gasteiger partial charge is 0.277 e. The Bertz CT molecular complexity index is 1210. The first-order valence-electron chi connectivity index (χ1n) is 11.1. The summed E-state index contributed by atoms with van der Waals surface area (Å²) >= 11 is 0. The highest BCUT2D eigenvalue weighted by molar-refractivity contribution is 6.13. The maximum Gasteiger partial charge on any atom is 0.277 e. The lowest BCUT2D eigenvalue weighted by molar-refractivity contribution is -0.127. The molecule has 0 spiro atoms. The molecule has 0 aliphatic carbocycles. The maximum absolute atomic E-state index is 13.3. The van der Waals surface area contributed by atoms with Crippen molar-refractivity contribution in [2.45, 2.75) is 39.2 Å². The fourth-order valence-corrected chi connectivity index (χ4v) is 4.16. The molecule has 2 aromatic heterocycles. The van der Waals surface area contributed by atoms with Crippen LogP contribution in [0.3, 0.4) is 0 Å². The van der Waals surface area contributed by atoms with E-state index in [1.807, 2.05) is 26.0 Å². The molecule has 1 unspecified atom stereocenters. The first-order valence-corrected chi connectivity index (χ1v) is 11.1. The van der Waals surface area contributed by atoms with Crippen molar-refractivity contribution in [3.8, 4) is 0 Å². The number of nitrogens with two attached hydrogens (primary N) is 1. The Morgan fingerprint density at radius 1 is 1.24 bits per heavy atom. The molecule has 0 bridgehead atoms. The van der Waals surface area contributed by atoms with Crippen molar-refractivity contribution < 1.29 is 9.59 Å². The standard InChI is InChI=1S/C23H30N8O2/c1-13-14(2)17(8-7-15(13)10-18(32)30(3)4)28-23(33)20-19-21(24)26-12-27-22(19)31(29-20)16-6-5-9-25-11-16/h7-8,12,16,25H,5-6,9-11H2,1-4H3,(H,28,33)(H2,24,26,27). The highest BCUT2D eigenvalue weighted by Crippen LogP contribution is 2.28. The zero-order chi connectivity index (χ0) is 23.7. The summed E-state index contributed by atoms with van der Waals surface area (Å²) in [6, 6.07) is 3.79. The summed E-state index contributed by atoms with van der Waals surface area (Å²) in [5.41, 5.74) is 10.4. The summed E-state index contributed by atoms with van der Waals surface area (Å²) in [4.78, 5) is 35.5. The molecule has 10 nitrogen and oxygen atoms in total. The molecular weight excluding hydrogens is 420 g/mol. The van der Waals surface area contributed by atoms with Gasteiger partial charge in [0.25, 0.3) is 5.91 Å². The van der Waals surface area contributed by atoms with E-state index in [9.17, 15) is 9.59 Å². The third-order valence-electron chi connectivity index (χ3n) is 6.34. The van der Waals surface area contributed by atoms with Crippen LogP contribution in [-0.2, 0) is 11.2 Å². The molecule has 3 aromatic rings. The first-order chi connectivity index (χ1) is 15.8. The normalized spacial score (nSPS) is 16.1. The van der Waals surface area contributed by atoms with Gasteiger partial charge in [0.1, 0.15) is 12.1 Å². The Labute approximate surface area is 192 Å². The number of amides is 2. The number of rotatable bonds is 5. The van der Waals surface area contributed by atoms with Crippen molar-refractivity contribution in [1.82, 2.24) is 30.0 Å². The van der Waals surface area contributed by atoms with Crippen LogP contribution in [-0.4, -0.2) is 63.6 Å². The van der Waals surface area contributed by atoms with Crippen molar-refractivity contribution in [2.24, 2.45) is 0 Å². The minimum atomic E-state index is -0.372. The van der Waals surface area contributed by atoms with Crippen LogP contribution in [0.5, 0.6) is 0 Å². The van der Waals surface area contributed by atoms with E-state index >= 15 is 0 Å². The van der Waals surface area contributed by atoms with Gasteiger partial charge in [0.2, 0.25) is 5.91 Å². The number of nitrogen functional groups attached to an aromatic ring is 1. The number of nitrogens with zero attached hydrogens (tertiary/aromatic N) is 5. The molecule has 2 amide bonds. The summed E-state index contributed by atoms with van der Waals surface area (Å²) in [6.45, 7) is 5.61. The van der Waals surface area contributed by atoms with Gasteiger partial charge in [0.15, 0.2) is 11.3 Å². The molecule has 1 saturated heterocycles. The zero-order valence-corrected chi connectivity index (χ0v) is 19.5. The van der Waals surface area contributed by atoms with Crippen LogP contribution in [0, 0.1) is 13.8 Å². The van der Waals surface area contributed by atoms with E-state index < -0.39 is 0 Å². The number of fused-ring (bicyclic) bond motifs is 1. The summed E-state index contributed by atoms with van der Waals surface area (Å²) in [6.07, 6.45) is 3.68. The van der Waals surface area contributed by atoms with Gasteiger partial charge in [-0.1, -0.05) is 6.07 Å². The highest BCUT2D eigenvalue weighted by atomic mass is 16.2. The van der Waals surface area contributed by atoms with Gasteiger partial charge < -0.3 is 21.3 Å². The van der Waals surface area contributed by atoms with Crippen molar-refractivity contribution in [3.05, 3.63) is 40.8 Å². The molecule has 3 heterocycles. The van der Waals surface area contributed by atoms with Crippen LogP contribution in [0.1, 0.15) is 46.1 Å². The Morgan fingerprint density at radius 3 is 2.73 bits per heavy atom. The van der Waals surface area contributed by atoms with E-state index in [1.54, 1.807) is 23.7 Å². The summed E-state index contributed by atoms with van der Waals surface area (Å²) in [5.74, 6) is -0.117. The van der Waals surface area contributed by atoms with E-state index in [2.05, 4.69) is 25.7 Å². The predicted molar refractivity (Wildman–Crippen MR) is 127 cm³/mol. The number of hydrogen-bond donors (Lipinski definition) is 3. The molecule has 10 heteroatoms. The molecule has 1 aliphatic rings. The van der Waals surface area contributed by atoms with Gasteiger partial charge >= 0.3 is 0 Å². The SMILES string of the molecule is Cc1c(CC(=O)N(C)C)ccc(NC(=O)c2nn(C3CCCNC3)c3ncnc(N)c23)c1C. The van der Waals surface area contributed by atoms with Crippen LogP contribution >= 0.6 is 0 Å². The predicted octanol–water partition coefficient (Wildman–Crippen LogP) is 1.83. The molecule has 0 saturated carbocycles. The molecule has 1 atom stereocenters. The van der Waals surface area contributed by atoms with E-state index in [1.165, 1.54) is 6.33 Å². The van der Waals surface area contributed by atoms with Crippen LogP contribution in [0.25, 0.3) is 11.0 Å². The minimum Gasteiger partial charge on any atom is -0.383 e. The van der Waals surface area contributed by atoms with Crippen molar-refractivity contribution in [2.75, 3.05) is 38.2 Å². The lowest BCUT2D eigenvalue weighted by Crippen LogP contribution is -2.32.